The number of thiophene rings is 1. The predicted molar refractivity (Wildman–Crippen MR) is 117 cm³/mol. The normalized spacial score (nSPS) is 23.4. The molecule has 4 rings (SSSR count). The molecule has 1 fully saturated rings. The summed E-state index contributed by atoms with van der Waals surface area (Å²) in [6.07, 6.45) is 20.7. The standard InChI is InChI=1S/C23H35N3S/c1-17-13-14-19-20(15-17)27-23-21(19)22(24-16-25-23)26-18-11-9-7-5-3-2-4-6-8-10-12-18/h16-18H,2-15H2,1H3,(H,24,25,26). The topological polar surface area (TPSA) is 37.8 Å². The van der Waals surface area contributed by atoms with E-state index in [9.17, 15) is 0 Å². The van der Waals surface area contributed by atoms with Crippen molar-refractivity contribution in [3.05, 3.63) is 16.8 Å². The molecule has 4 heteroatoms. The first-order valence-electron chi connectivity index (χ1n) is 11.3. The van der Waals surface area contributed by atoms with Gasteiger partial charge in [-0.1, -0.05) is 64.7 Å². The Labute approximate surface area is 168 Å². The number of aryl methyl sites for hydroxylation is 1. The maximum atomic E-state index is 4.71. The predicted octanol–water partition coefficient (Wildman–Crippen LogP) is 6.90. The third-order valence-corrected chi connectivity index (χ3v) is 7.70. The summed E-state index contributed by atoms with van der Waals surface area (Å²) < 4.78 is 0. The number of nitrogens with zero attached hydrogens (tertiary/aromatic N) is 2. The van der Waals surface area contributed by atoms with Crippen molar-refractivity contribution >= 4 is 27.4 Å². The first-order valence-corrected chi connectivity index (χ1v) is 12.1. The fraction of sp³-hybridized carbons (Fsp3) is 0.739. The summed E-state index contributed by atoms with van der Waals surface area (Å²) >= 11 is 1.91. The highest BCUT2D eigenvalue weighted by molar-refractivity contribution is 7.19. The molecule has 2 aromatic rings. The average Bonchev–Trinajstić information content (AvgIpc) is 3.02. The van der Waals surface area contributed by atoms with Gasteiger partial charge in [0.05, 0.1) is 5.39 Å². The van der Waals surface area contributed by atoms with Crippen LogP contribution in [0.5, 0.6) is 0 Å². The first kappa shape index (κ1) is 19.2. The van der Waals surface area contributed by atoms with Crippen LogP contribution in [0.2, 0.25) is 0 Å². The fourth-order valence-corrected chi connectivity index (χ4v) is 6.24. The number of hydrogen-bond acceptors (Lipinski definition) is 4. The van der Waals surface area contributed by atoms with Crippen LogP contribution in [-0.2, 0) is 12.8 Å². The molecule has 2 aromatic heterocycles. The van der Waals surface area contributed by atoms with Crippen LogP contribution in [0.25, 0.3) is 10.2 Å². The van der Waals surface area contributed by atoms with Crippen LogP contribution in [-0.4, -0.2) is 16.0 Å². The van der Waals surface area contributed by atoms with Crippen molar-refractivity contribution in [3.8, 4) is 0 Å². The third kappa shape index (κ3) is 4.82. The lowest BCUT2D eigenvalue weighted by atomic mass is 9.89. The Bertz CT molecular complexity index is 727. The third-order valence-electron chi connectivity index (χ3n) is 6.54. The van der Waals surface area contributed by atoms with Gasteiger partial charge in [-0.3, -0.25) is 0 Å². The van der Waals surface area contributed by atoms with Gasteiger partial charge < -0.3 is 5.32 Å². The zero-order valence-electron chi connectivity index (χ0n) is 16.9. The number of fused-ring (bicyclic) bond motifs is 3. The maximum Gasteiger partial charge on any atom is 0.138 e. The van der Waals surface area contributed by atoms with Gasteiger partial charge in [0, 0.05) is 10.9 Å². The van der Waals surface area contributed by atoms with E-state index in [1.807, 2.05) is 11.3 Å². The molecule has 1 atom stereocenters. The molecule has 0 spiro atoms. The van der Waals surface area contributed by atoms with Crippen LogP contribution >= 0.6 is 11.3 Å². The summed E-state index contributed by atoms with van der Waals surface area (Å²) in [5.41, 5.74) is 1.55. The van der Waals surface area contributed by atoms with Gasteiger partial charge in [0.2, 0.25) is 0 Å². The zero-order chi connectivity index (χ0) is 18.5. The zero-order valence-corrected chi connectivity index (χ0v) is 17.8. The first-order chi connectivity index (χ1) is 13.3. The highest BCUT2D eigenvalue weighted by Gasteiger charge is 2.23. The van der Waals surface area contributed by atoms with E-state index in [4.69, 9.17) is 4.98 Å². The smallest absolute Gasteiger partial charge is 0.138 e. The van der Waals surface area contributed by atoms with E-state index in [1.165, 1.54) is 100 Å². The van der Waals surface area contributed by atoms with E-state index in [1.54, 1.807) is 16.8 Å². The van der Waals surface area contributed by atoms with E-state index in [0.717, 1.165) is 11.7 Å². The second-order valence-electron chi connectivity index (χ2n) is 8.85. The number of hydrogen-bond donors (Lipinski definition) is 1. The molecule has 0 bridgehead atoms. The van der Waals surface area contributed by atoms with Crippen molar-refractivity contribution in [2.24, 2.45) is 5.92 Å². The lowest BCUT2D eigenvalue weighted by molar-refractivity contribution is 0.479. The van der Waals surface area contributed by atoms with Crippen molar-refractivity contribution in [2.75, 3.05) is 5.32 Å². The van der Waals surface area contributed by atoms with Crippen LogP contribution in [0.1, 0.15) is 94.4 Å². The molecule has 3 nitrogen and oxygen atoms in total. The number of nitrogens with one attached hydrogen (secondary N) is 1. The fourth-order valence-electron chi connectivity index (χ4n) is 4.89. The van der Waals surface area contributed by atoms with Crippen LogP contribution < -0.4 is 5.32 Å². The monoisotopic (exact) mass is 385 g/mol. The Morgan fingerprint density at radius 1 is 0.889 bits per heavy atom. The molecule has 2 aliphatic carbocycles. The summed E-state index contributed by atoms with van der Waals surface area (Å²) in [6, 6.07) is 0.570. The lowest BCUT2D eigenvalue weighted by Gasteiger charge is -2.22. The van der Waals surface area contributed by atoms with Crippen LogP contribution in [0.15, 0.2) is 6.33 Å². The minimum atomic E-state index is 0.570. The van der Waals surface area contributed by atoms with Crippen LogP contribution in [0, 0.1) is 5.92 Å². The van der Waals surface area contributed by atoms with E-state index in [0.29, 0.717) is 6.04 Å². The quantitative estimate of drug-likeness (QED) is 0.611. The van der Waals surface area contributed by atoms with Gasteiger partial charge in [0.15, 0.2) is 0 Å². The second-order valence-corrected chi connectivity index (χ2v) is 9.94. The summed E-state index contributed by atoms with van der Waals surface area (Å²) in [6.45, 7) is 2.38. The molecule has 0 radical (unpaired) electrons. The molecule has 1 N–H and O–H groups in total. The molecule has 0 aliphatic heterocycles. The Morgan fingerprint density at radius 3 is 2.26 bits per heavy atom. The molecule has 1 unspecified atom stereocenters. The van der Waals surface area contributed by atoms with Gasteiger partial charge in [0.1, 0.15) is 17.0 Å². The Morgan fingerprint density at radius 2 is 1.56 bits per heavy atom. The van der Waals surface area contributed by atoms with Crippen molar-refractivity contribution in [1.82, 2.24) is 9.97 Å². The number of aromatic nitrogens is 2. The molecule has 2 heterocycles. The van der Waals surface area contributed by atoms with Crippen LogP contribution in [0.4, 0.5) is 5.82 Å². The summed E-state index contributed by atoms with van der Waals surface area (Å²) in [5, 5.41) is 5.22. The van der Waals surface area contributed by atoms with Gasteiger partial charge in [-0.2, -0.15) is 0 Å². The highest BCUT2D eigenvalue weighted by Crippen LogP contribution is 2.40. The van der Waals surface area contributed by atoms with E-state index in [-0.39, 0.29) is 0 Å². The summed E-state index contributed by atoms with van der Waals surface area (Å²) in [4.78, 5) is 12.1. The lowest BCUT2D eigenvalue weighted by Crippen LogP contribution is -2.21. The van der Waals surface area contributed by atoms with Crippen molar-refractivity contribution in [1.29, 1.82) is 0 Å². The van der Waals surface area contributed by atoms with Gasteiger partial charge in [-0.05, 0) is 43.6 Å². The SMILES string of the molecule is CC1CCc2c(sc3ncnc(NC4CCCCCCCCCCC4)c23)C1. The number of anilines is 1. The van der Waals surface area contributed by atoms with Crippen molar-refractivity contribution < 1.29 is 0 Å². The van der Waals surface area contributed by atoms with Gasteiger partial charge in [-0.15, -0.1) is 11.3 Å². The van der Waals surface area contributed by atoms with Gasteiger partial charge in [-0.25, -0.2) is 9.97 Å². The molecule has 0 saturated heterocycles. The Hall–Kier alpha value is -1.16. The summed E-state index contributed by atoms with van der Waals surface area (Å²) in [7, 11) is 0. The maximum absolute atomic E-state index is 4.71. The van der Waals surface area contributed by atoms with Gasteiger partial charge in [0.25, 0.3) is 0 Å². The van der Waals surface area contributed by atoms with Crippen LogP contribution in [0.3, 0.4) is 0 Å². The number of rotatable bonds is 2. The summed E-state index contributed by atoms with van der Waals surface area (Å²) in [5.74, 6) is 1.92. The second kappa shape index (κ2) is 9.36. The van der Waals surface area contributed by atoms with Crippen molar-refractivity contribution in [2.45, 2.75) is 103 Å². The highest BCUT2D eigenvalue weighted by atomic mass is 32.1. The molecule has 1 saturated carbocycles. The Kier molecular flexibility index (Phi) is 6.64. The van der Waals surface area contributed by atoms with Crippen molar-refractivity contribution in [3.63, 3.8) is 0 Å². The Balaban J connectivity index is 1.52. The average molecular weight is 386 g/mol. The van der Waals surface area contributed by atoms with E-state index >= 15 is 0 Å². The molecular formula is C23H35N3S. The molecule has 2 aliphatic rings. The van der Waals surface area contributed by atoms with E-state index in [2.05, 4.69) is 17.2 Å². The molecule has 0 amide bonds. The van der Waals surface area contributed by atoms with E-state index < -0.39 is 0 Å². The molecular weight excluding hydrogens is 350 g/mol. The molecule has 148 valence electrons. The minimum Gasteiger partial charge on any atom is -0.367 e. The largest absolute Gasteiger partial charge is 0.367 e. The minimum absolute atomic E-state index is 0.570. The molecule has 27 heavy (non-hydrogen) atoms. The van der Waals surface area contributed by atoms with Gasteiger partial charge >= 0.3 is 0 Å². The molecule has 0 aromatic carbocycles.